The molecule has 0 N–H and O–H groups in total. The van der Waals surface area contributed by atoms with Gasteiger partial charge < -0.3 is 0 Å². The summed E-state index contributed by atoms with van der Waals surface area (Å²) in [4.78, 5) is 40.8. The molecule has 0 aliphatic heterocycles. The summed E-state index contributed by atoms with van der Waals surface area (Å²) in [6, 6.07) is 22.2. The van der Waals surface area contributed by atoms with Gasteiger partial charge >= 0.3 is 0 Å². The van der Waals surface area contributed by atoms with E-state index < -0.39 is 4.92 Å². The molecule has 0 spiro atoms. The molecule has 3 aromatic carbocycles. The van der Waals surface area contributed by atoms with E-state index >= 15 is 0 Å². The summed E-state index contributed by atoms with van der Waals surface area (Å²) < 4.78 is 1.56. The third-order valence-electron chi connectivity index (χ3n) is 4.72. The van der Waals surface area contributed by atoms with Crippen LogP contribution in [-0.4, -0.2) is 26.0 Å². The van der Waals surface area contributed by atoms with Crippen molar-refractivity contribution in [3.05, 3.63) is 110 Å². The van der Waals surface area contributed by atoms with Gasteiger partial charge in [0.2, 0.25) is 0 Å². The lowest BCUT2D eigenvalue weighted by molar-refractivity contribution is -0.384. The number of para-hydroxylation sites is 1. The first kappa shape index (κ1) is 20.5. The predicted molar refractivity (Wildman–Crippen MR) is 120 cm³/mol. The number of nitro groups is 1. The summed E-state index contributed by atoms with van der Waals surface area (Å²) in [6.45, 7) is 0.324. The normalized spacial score (nSPS) is 10.8. The molecule has 0 saturated carbocycles. The first-order valence-corrected chi connectivity index (χ1v) is 10.5. The fraction of sp³-hybridized carbons (Fsp3) is 0.0870. The molecule has 4 aromatic rings. The molecule has 4 rings (SSSR count). The van der Waals surface area contributed by atoms with E-state index in [9.17, 15) is 19.7 Å². The van der Waals surface area contributed by atoms with Gasteiger partial charge in [0.1, 0.15) is 0 Å². The van der Waals surface area contributed by atoms with Gasteiger partial charge in [-0.2, -0.15) is 0 Å². The van der Waals surface area contributed by atoms with Crippen LogP contribution in [0.2, 0.25) is 0 Å². The van der Waals surface area contributed by atoms with Gasteiger partial charge in [0.25, 0.3) is 11.2 Å². The van der Waals surface area contributed by atoms with E-state index in [2.05, 4.69) is 4.98 Å². The highest BCUT2D eigenvalue weighted by atomic mass is 32.2. The van der Waals surface area contributed by atoms with E-state index in [-0.39, 0.29) is 28.3 Å². The highest BCUT2D eigenvalue weighted by molar-refractivity contribution is 7.99. The molecule has 7 nitrogen and oxygen atoms in total. The molecule has 0 atom stereocenters. The predicted octanol–water partition coefficient (Wildman–Crippen LogP) is 4.33. The Labute approximate surface area is 181 Å². The number of carbonyl (C=O) groups is 1. The number of fused-ring (bicyclic) bond motifs is 1. The van der Waals surface area contributed by atoms with Crippen LogP contribution in [-0.2, 0) is 6.54 Å². The third-order valence-corrected chi connectivity index (χ3v) is 5.70. The van der Waals surface area contributed by atoms with Crippen molar-refractivity contribution in [1.82, 2.24) is 9.55 Å². The largest absolute Gasteiger partial charge is 0.293 e. The van der Waals surface area contributed by atoms with Crippen molar-refractivity contribution in [2.75, 3.05) is 5.75 Å². The second-order valence-corrected chi connectivity index (χ2v) is 7.75. The van der Waals surface area contributed by atoms with Crippen LogP contribution < -0.4 is 5.56 Å². The fourth-order valence-corrected chi connectivity index (χ4v) is 4.06. The first-order valence-electron chi connectivity index (χ1n) is 9.47. The van der Waals surface area contributed by atoms with Crippen molar-refractivity contribution >= 4 is 34.1 Å². The molecule has 0 aliphatic rings. The Morgan fingerprint density at radius 2 is 1.74 bits per heavy atom. The van der Waals surface area contributed by atoms with Gasteiger partial charge in [-0.3, -0.25) is 24.3 Å². The Morgan fingerprint density at radius 1 is 1.00 bits per heavy atom. The number of nitro benzene ring substituents is 1. The second-order valence-electron chi connectivity index (χ2n) is 6.81. The molecule has 8 heteroatoms. The number of hydrogen-bond acceptors (Lipinski definition) is 6. The molecule has 0 fully saturated rings. The smallest absolute Gasteiger partial charge is 0.270 e. The van der Waals surface area contributed by atoms with Gasteiger partial charge in [0.05, 0.1) is 28.1 Å². The van der Waals surface area contributed by atoms with Crippen molar-refractivity contribution in [1.29, 1.82) is 0 Å². The number of nitrogens with zero attached hydrogens (tertiary/aromatic N) is 3. The molecule has 154 valence electrons. The molecule has 1 heterocycles. The number of thioether (sulfide) groups is 1. The van der Waals surface area contributed by atoms with E-state index in [0.717, 1.165) is 17.3 Å². The SMILES string of the molecule is O=C(CSc1nc2ccccc2c(=O)n1Cc1ccccc1)c1cccc([N+](=O)[O-])c1. The monoisotopic (exact) mass is 431 g/mol. The van der Waals surface area contributed by atoms with Crippen LogP contribution in [0.3, 0.4) is 0 Å². The van der Waals surface area contributed by atoms with Crippen molar-refractivity contribution in [3.8, 4) is 0 Å². The number of ketones is 1. The lowest BCUT2D eigenvalue weighted by atomic mass is 10.1. The van der Waals surface area contributed by atoms with Crippen LogP contribution in [0, 0.1) is 10.1 Å². The number of Topliss-reactive ketones (excluding diaryl/α,β-unsaturated/α-hetero) is 1. The van der Waals surface area contributed by atoms with E-state index in [1.165, 1.54) is 18.2 Å². The molecule has 31 heavy (non-hydrogen) atoms. The molecule has 0 aliphatic carbocycles. The van der Waals surface area contributed by atoms with Crippen molar-refractivity contribution < 1.29 is 9.72 Å². The summed E-state index contributed by atoms with van der Waals surface area (Å²) in [5.41, 5.74) is 1.43. The zero-order valence-electron chi connectivity index (χ0n) is 16.3. The number of carbonyl (C=O) groups excluding carboxylic acids is 1. The van der Waals surface area contributed by atoms with E-state index in [1.54, 1.807) is 34.9 Å². The van der Waals surface area contributed by atoms with Gasteiger partial charge in [-0.05, 0) is 17.7 Å². The lowest BCUT2D eigenvalue weighted by Gasteiger charge is -2.13. The van der Waals surface area contributed by atoms with Crippen molar-refractivity contribution in [2.24, 2.45) is 0 Å². The Morgan fingerprint density at radius 3 is 2.52 bits per heavy atom. The Kier molecular flexibility index (Phi) is 5.90. The molecule has 0 unspecified atom stereocenters. The zero-order chi connectivity index (χ0) is 21.8. The first-order chi connectivity index (χ1) is 15.0. The minimum Gasteiger partial charge on any atom is -0.293 e. The quantitative estimate of drug-likeness (QED) is 0.142. The van der Waals surface area contributed by atoms with Crippen molar-refractivity contribution in [3.63, 3.8) is 0 Å². The van der Waals surface area contributed by atoms with Gasteiger partial charge in [0.15, 0.2) is 10.9 Å². The Hall–Kier alpha value is -3.78. The Bertz CT molecular complexity index is 1340. The summed E-state index contributed by atoms with van der Waals surface area (Å²) in [5.74, 6) is -0.275. The average molecular weight is 431 g/mol. The van der Waals surface area contributed by atoms with Crippen LogP contribution in [0.15, 0.2) is 88.8 Å². The summed E-state index contributed by atoms with van der Waals surface area (Å²) in [5, 5.41) is 11.9. The maximum atomic E-state index is 13.1. The van der Waals surface area contributed by atoms with E-state index in [0.29, 0.717) is 22.6 Å². The second kappa shape index (κ2) is 8.93. The zero-order valence-corrected chi connectivity index (χ0v) is 17.1. The van der Waals surface area contributed by atoms with Gasteiger partial charge in [-0.15, -0.1) is 0 Å². The van der Waals surface area contributed by atoms with Gasteiger partial charge in [-0.25, -0.2) is 4.98 Å². The molecule has 0 bridgehead atoms. The van der Waals surface area contributed by atoms with Crippen LogP contribution in [0.25, 0.3) is 10.9 Å². The lowest BCUT2D eigenvalue weighted by Crippen LogP contribution is -2.24. The summed E-state index contributed by atoms with van der Waals surface area (Å²) in [6.07, 6.45) is 0. The van der Waals surface area contributed by atoms with E-state index in [4.69, 9.17) is 0 Å². The fourth-order valence-electron chi connectivity index (χ4n) is 3.17. The number of benzene rings is 3. The molecule has 0 amide bonds. The van der Waals surface area contributed by atoms with Crippen LogP contribution in [0.5, 0.6) is 0 Å². The van der Waals surface area contributed by atoms with E-state index in [1.807, 2.05) is 30.3 Å². The van der Waals surface area contributed by atoms with Gasteiger partial charge in [0, 0.05) is 17.7 Å². The molecule has 0 radical (unpaired) electrons. The van der Waals surface area contributed by atoms with Gasteiger partial charge in [-0.1, -0.05) is 66.4 Å². The van der Waals surface area contributed by atoms with Crippen molar-refractivity contribution in [2.45, 2.75) is 11.7 Å². The van der Waals surface area contributed by atoms with Crippen LogP contribution >= 0.6 is 11.8 Å². The maximum Gasteiger partial charge on any atom is 0.270 e. The molecule has 0 saturated heterocycles. The van der Waals surface area contributed by atoms with Crippen LogP contribution in [0.4, 0.5) is 5.69 Å². The number of non-ortho nitro benzene ring substituents is 1. The number of aromatic nitrogens is 2. The molecule has 1 aromatic heterocycles. The highest BCUT2D eigenvalue weighted by Gasteiger charge is 2.16. The number of hydrogen-bond donors (Lipinski definition) is 0. The molecular weight excluding hydrogens is 414 g/mol. The molecular formula is C23H17N3O4S. The third kappa shape index (κ3) is 4.54. The highest BCUT2D eigenvalue weighted by Crippen LogP contribution is 2.21. The van der Waals surface area contributed by atoms with Crippen LogP contribution in [0.1, 0.15) is 15.9 Å². The minimum atomic E-state index is -0.535. The summed E-state index contributed by atoms with van der Waals surface area (Å²) in [7, 11) is 0. The standard InChI is InChI=1S/C23H17N3O4S/c27-21(17-9-6-10-18(13-17)26(29)30)15-31-23-24-20-12-5-4-11-19(20)22(28)25(23)14-16-7-2-1-3-8-16/h1-13H,14-15H2. The topological polar surface area (TPSA) is 95.1 Å². The minimum absolute atomic E-state index is 0.000732. The number of rotatable bonds is 7. The summed E-state index contributed by atoms with van der Waals surface area (Å²) >= 11 is 1.14. The Balaban J connectivity index is 1.67. The maximum absolute atomic E-state index is 13.1. The average Bonchev–Trinajstić information content (AvgIpc) is 2.80.